The minimum absolute atomic E-state index is 0.200. The number of tetrazole rings is 1. The summed E-state index contributed by atoms with van der Waals surface area (Å²) in [5.74, 6) is 1.16. The van der Waals surface area contributed by atoms with Crippen LogP contribution in [0.1, 0.15) is 31.6 Å². The van der Waals surface area contributed by atoms with Crippen molar-refractivity contribution in [1.29, 1.82) is 0 Å². The van der Waals surface area contributed by atoms with E-state index in [-0.39, 0.29) is 11.2 Å². The summed E-state index contributed by atoms with van der Waals surface area (Å²) in [6.45, 7) is 1.79. The molecule has 2 N–H and O–H groups in total. The van der Waals surface area contributed by atoms with Gasteiger partial charge in [-0.1, -0.05) is 0 Å². The molecule has 1 aromatic heterocycles. The van der Waals surface area contributed by atoms with Crippen molar-refractivity contribution in [2.75, 3.05) is 0 Å². The molecule has 1 heterocycles. The second-order valence-corrected chi connectivity index (χ2v) is 4.96. The Hall–Kier alpha value is -1.11. The van der Waals surface area contributed by atoms with Crippen LogP contribution in [0.25, 0.3) is 0 Å². The lowest BCUT2D eigenvalue weighted by Gasteiger charge is -2.06. The maximum atomic E-state index is 10.8. The minimum Gasteiger partial charge on any atom is -0.369 e. The minimum atomic E-state index is -0.301. The second kappa shape index (κ2) is 4.18. The number of aromatic nitrogens is 4. The van der Waals surface area contributed by atoms with Crippen molar-refractivity contribution in [3.63, 3.8) is 0 Å². The first-order valence-electron chi connectivity index (χ1n) is 4.86. The Morgan fingerprint density at radius 1 is 1.73 bits per heavy atom. The lowest BCUT2D eigenvalue weighted by atomic mass is 10.5. The largest absolute Gasteiger partial charge is 0.369 e. The van der Waals surface area contributed by atoms with Crippen LogP contribution in [0.2, 0.25) is 0 Å². The van der Waals surface area contributed by atoms with Gasteiger partial charge < -0.3 is 5.73 Å². The SMILES string of the molecule is CC(SCc1nnnn1C1CC1)C(N)=O. The Labute approximate surface area is 91.6 Å². The molecule has 1 atom stereocenters. The third-order valence-corrected chi connectivity index (χ3v) is 3.47. The fourth-order valence-corrected chi connectivity index (χ4v) is 1.95. The summed E-state index contributed by atoms with van der Waals surface area (Å²) < 4.78 is 1.85. The van der Waals surface area contributed by atoms with Crippen molar-refractivity contribution >= 4 is 17.7 Å². The van der Waals surface area contributed by atoms with Gasteiger partial charge in [0.2, 0.25) is 5.91 Å². The predicted octanol–water partition coefficient (Wildman–Crippen LogP) is 0.115. The highest BCUT2D eigenvalue weighted by atomic mass is 32.2. The van der Waals surface area contributed by atoms with Crippen LogP contribution < -0.4 is 5.73 Å². The molecule has 1 fully saturated rings. The molecule has 0 radical (unpaired) electrons. The zero-order valence-electron chi connectivity index (χ0n) is 8.46. The summed E-state index contributed by atoms with van der Waals surface area (Å²) in [5.41, 5.74) is 5.17. The topological polar surface area (TPSA) is 86.7 Å². The number of nitrogens with two attached hydrogens (primary N) is 1. The third kappa shape index (κ3) is 2.47. The first-order chi connectivity index (χ1) is 7.18. The van der Waals surface area contributed by atoms with E-state index in [1.807, 2.05) is 4.68 Å². The summed E-state index contributed by atoms with van der Waals surface area (Å²) in [6, 6.07) is 0.472. The Morgan fingerprint density at radius 3 is 3.07 bits per heavy atom. The van der Waals surface area contributed by atoms with Crippen LogP contribution in [0.3, 0.4) is 0 Å². The monoisotopic (exact) mass is 227 g/mol. The maximum Gasteiger partial charge on any atom is 0.230 e. The summed E-state index contributed by atoms with van der Waals surface area (Å²) >= 11 is 1.46. The van der Waals surface area contributed by atoms with Gasteiger partial charge in [0.25, 0.3) is 0 Å². The number of amides is 1. The maximum absolute atomic E-state index is 10.8. The van der Waals surface area contributed by atoms with Gasteiger partial charge in [-0.2, -0.15) is 0 Å². The van der Waals surface area contributed by atoms with Gasteiger partial charge in [-0.25, -0.2) is 4.68 Å². The first kappa shape index (κ1) is 10.4. The van der Waals surface area contributed by atoms with Crippen LogP contribution in [0, 0.1) is 0 Å². The third-order valence-electron chi connectivity index (χ3n) is 2.32. The zero-order chi connectivity index (χ0) is 10.8. The molecule has 0 spiro atoms. The van der Waals surface area contributed by atoms with Gasteiger partial charge >= 0.3 is 0 Å². The van der Waals surface area contributed by atoms with E-state index in [0.717, 1.165) is 18.7 Å². The van der Waals surface area contributed by atoms with Crippen molar-refractivity contribution in [3.8, 4) is 0 Å². The molecule has 1 aliphatic rings. The lowest BCUT2D eigenvalue weighted by Crippen LogP contribution is -2.23. The van der Waals surface area contributed by atoms with Gasteiger partial charge in [0.15, 0.2) is 5.82 Å². The van der Waals surface area contributed by atoms with Gasteiger partial charge in [-0.05, 0) is 30.2 Å². The molecule has 1 saturated carbocycles. The molecule has 1 aromatic rings. The van der Waals surface area contributed by atoms with E-state index in [1.54, 1.807) is 6.92 Å². The first-order valence-corrected chi connectivity index (χ1v) is 5.91. The molecule has 0 aromatic carbocycles. The van der Waals surface area contributed by atoms with E-state index in [1.165, 1.54) is 11.8 Å². The lowest BCUT2D eigenvalue weighted by molar-refractivity contribution is -0.117. The molecule has 0 bridgehead atoms. The van der Waals surface area contributed by atoms with Crippen molar-refractivity contribution in [2.45, 2.75) is 36.8 Å². The van der Waals surface area contributed by atoms with Crippen molar-refractivity contribution in [3.05, 3.63) is 5.82 Å². The van der Waals surface area contributed by atoms with E-state index in [0.29, 0.717) is 11.8 Å². The molecule has 0 saturated heterocycles. The number of hydrogen-bond donors (Lipinski definition) is 1. The Kier molecular flexibility index (Phi) is 2.90. The fraction of sp³-hybridized carbons (Fsp3) is 0.750. The zero-order valence-corrected chi connectivity index (χ0v) is 9.28. The van der Waals surface area contributed by atoms with E-state index in [4.69, 9.17) is 5.73 Å². The molecule has 1 amide bonds. The number of nitrogens with zero attached hydrogens (tertiary/aromatic N) is 4. The molecular weight excluding hydrogens is 214 g/mol. The van der Waals surface area contributed by atoms with E-state index >= 15 is 0 Å². The van der Waals surface area contributed by atoms with E-state index in [9.17, 15) is 4.79 Å². The number of carbonyl (C=O) groups excluding carboxylic acids is 1. The molecule has 15 heavy (non-hydrogen) atoms. The number of carbonyl (C=O) groups is 1. The Balaban J connectivity index is 1.92. The summed E-state index contributed by atoms with van der Waals surface area (Å²) in [4.78, 5) is 10.8. The molecule has 2 rings (SSSR count). The highest BCUT2D eigenvalue weighted by Crippen LogP contribution is 2.35. The van der Waals surface area contributed by atoms with Crippen LogP contribution in [-0.2, 0) is 10.5 Å². The van der Waals surface area contributed by atoms with Gasteiger partial charge in [0.05, 0.1) is 17.0 Å². The normalized spacial score (nSPS) is 17.7. The van der Waals surface area contributed by atoms with Crippen molar-refractivity contribution in [1.82, 2.24) is 20.2 Å². The predicted molar refractivity (Wildman–Crippen MR) is 56.0 cm³/mol. The van der Waals surface area contributed by atoms with Crippen molar-refractivity contribution < 1.29 is 4.79 Å². The Morgan fingerprint density at radius 2 is 2.47 bits per heavy atom. The summed E-state index contributed by atoms with van der Waals surface area (Å²) in [7, 11) is 0. The molecular formula is C8H13N5OS. The van der Waals surface area contributed by atoms with Crippen LogP contribution >= 0.6 is 11.8 Å². The van der Waals surface area contributed by atoms with Crippen LogP contribution in [0.4, 0.5) is 0 Å². The van der Waals surface area contributed by atoms with Gasteiger partial charge in [0, 0.05) is 0 Å². The van der Waals surface area contributed by atoms with Gasteiger partial charge in [-0.15, -0.1) is 16.9 Å². The number of thioether (sulfide) groups is 1. The molecule has 7 heteroatoms. The quantitative estimate of drug-likeness (QED) is 0.771. The second-order valence-electron chi connectivity index (χ2n) is 3.63. The van der Waals surface area contributed by atoms with Crippen LogP contribution in [-0.4, -0.2) is 31.4 Å². The molecule has 82 valence electrons. The molecule has 6 nitrogen and oxygen atoms in total. The number of hydrogen-bond acceptors (Lipinski definition) is 5. The van der Waals surface area contributed by atoms with E-state index in [2.05, 4.69) is 15.5 Å². The average molecular weight is 227 g/mol. The summed E-state index contributed by atoms with van der Waals surface area (Å²) in [6.07, 6.45) is 2.29. The standard InChI is InChI=1S/C8H13N5OS/c1-5(8(9)14)15-4-7-10-11-12-13(7)6-2-3-6/h5-6H,2-4H2,1H3,(H2,9,14). The average Bonchev–Trinajstić information content (AvgIpc) is 2.94. The number of primary amides is 1. The van der Waals surface area contributed by atoms with Crippen LogP contribution in [0.15, 0.2) is 0 Å². The molecule has 1 aliphatic carbocycles. The van der Waals surface area contributed by atoms with Crippen molar-refractivity contribution in [2.24, 2.45) is 5.73 Å². The highest BCUT2D eigenvalue weighted by Gasteiger charge is 2.27. The van der Waals surface area contributed by atoms with Crippen LogP contribution in [0.5, 0.6) is 0 Å². The smallest absolute Gasteiger partial charge is 0.230 e. The van der Waals surface area contributed by atoms with Gasteiger partial charge in [-0.3, -0.25) is 4.79 Å². The molecule has 0 aliphatic heterocycles. The highest BCUT2D eigenvalue weighted by molar-refractivity contribution is 7.99. The van der Waals surface area contributed by atoms with Gasteiger partial charge in [0.1, 0.15) is 0 Å². The Bertz CT molecular complexity index is 362. The number of rotatable bonds is 5. The fourth-order valence-electron chi connectivity index (χ4n) is 1.19. The van der Waals surface area contributed by atoms with E-state index < -0.39 is 0 Å². The molecule has 1 unspecified atom stereocenters. The summed E-state index contributed by atoms with van der Waals surface area (Å²) in [5, 5.41) is 11.3.